The van der Waals surface area contributed by atoms with E-state index in [1.54, 1.807) is 18.3 Å². The molecule has 1 aliphatic rings. The van der Waals surface area contributed by atoms with Crippen LogP contribution in [0.25, 0.3) is 0 Å². The first-order chi connectivity index (χ1) is 15.0. The fourth-order valence-electron chi connectivity index (χ4n) is 3.77. The Bertz CT molecular complexity index is 1010. The van der Waals surface area contributed by atoms with Gasteiger partial charge in [0.05, 0.1) is 12.5 Å². The highest BCUT2D eigenvalue weighted by molar-refractivity contribution is 7.15. The molecule has 0 aliphatic carbocycles. The SMILES string of the molecule is CN(C)[C@H](C(=O)Cc1nnc(N[C@@H]2CCN(c3cccnn3)C2)s1)c1ccc(F)cc1. The first kappa shape index (κ1) is 21.3. The Hall–Kier alpha value is -2.98. The van der Waals surface area contributed by atoms with E-state index in [4.69, 9.17) is 0 Å². The minimum Gasteiger partial charge on any atom is -0.355 e. The summed E-state index contributed by atoms with van der Waals surface area (Å²) in [5.74, 6) is 0.540. The molecule has 8 nitrogen and oxygen atoms in total. The van der Waals surface area contributed by atoms with Crippen molar-refractivity contribution in [3.05, 3.63) is 59.0 Å². The summed E-state index contributed by atoms with van der Waals surface area (Å²) in [4.78, 5) is 17.0. The summed E-state index contributed by atoms with van der Waals surface area (Å²) in [6.45, 7) is 1.70. The zero-order valence-electron chi connectivity index (χ0n) is 17.4. The van der Waals surface area contributed by atoms with E-state index in [1.807, 2.05) is 31.1 Å². The van der Waals surface area contributed by atoms with Crippen LogP contribution in [-0.2, 0) is 11.2 Å². The van der Waals surface area contributed by atoms with Crippen LogP contribution in [0, 0.1) is 5.82 Å². The van der Waals surface area contributed by atoms with Gasteiger partial charge in [-0.2, -0.15) is 5.10 Å². The van der Waals surface area contributed by atoms with Gasteiger partial charge < -0.3 is 10.2 Å². The highest BCUT2D eigenvalue weighted by Crippen LogP contribution is 2.25. The number of Topliss-reactive ketones (excluding diaryl/α,β-unsaturated/α-hetero) is 1. The highest BCUT2D eigenvalue weighted by atomic mass is 32.1. The molecule has 2 aromatic heterocycles. The second-order valence-corrected chi connectivity index (χ2v) is 8.78. The number of hydrogen-bond donors (Lipinski definition) is 1. The lowest BCUT2D eigenvalue weighted by Gasteiger charge is -2.23. The van der Waals surface area contributed by atoms with E-state index in [0.717, 1.165) is 30.9 Å². The number of nitrogens with zero attached hydrogens (tertiary/aromatic N) is 6. The largest absolute Gasteiger partial charge is 0.355 e. The van der Waals surface area contributed by atoms with Crippen LogP contribution in [-0.4, -0.2) is 64.3 Å². The Balaban J connectivity index is 1.36. The van der Waals surface area contributed by atoms with Gasteiger partial charge in [-0.1, -0.05) is 23.5 Å². The summed E-state index contributed by atoms with van der Waals surface area (Å²) in [7, 11) is 3.67. The van der Waals surface area contributed by atoms with Gasteiger partial charge >= 0.3 is 0 Å². The Morgan fingerprint density at radius 3 is 2.77 bits per heavy atom. The topological polar surface area (TPSA) is 87.1 Å². The number of hydrogen-bond acceptors (Lipinski definition) is 9. The monoisotopic (exact) mass is 441 g/mol. The van der Waals surface area contributed by atoms with Gasteiger partial charge in [-0.3, -0.25) is 9.69 Å². The maximum Gasteiger partial charge on any atom is 0.205 e. The van der Waals surface area contributed by atoms with Gasteiger partial charge in [-0.05, 0) is 50.3 Å². The van der Waals surface area contributed by atoms with Crippen LogP contribution in [0.4, 0.5) is 15.3 Å². The quantitative estimate of drug-likeness (QED) is 0.571. The summed E-state index contributed by atoms with van der Waals surface area (Å²) in [5.41, 5.74) is 0.759. The number of benzene rings is 1. The maximum atomic E-state index is 13.3. The number of carbonyl (C=O) groups is 1. The fraction of sp³-hybridized carbons (Fsp3) is 0.381. The number of nitrogens with one attached hydrogen (secondary N) is 1. The number of anilines is 2. The molecule has 0 spiro atoms. The summed E-state index contributed by atoms with van der Waals surface area (Å²) < 4.78 is 13.3. The number of carbonyl (C=O) groups excluding carboxylic acids is 1. The van der Waals surface area contributed by atoms with E-state index >= 15 is 0 Å². The third-order valence-corrected chi connectivity index (χ3v) is 6.05. The van der Waals surface area contributed by atoms with Crippen molar-refractivity contribution in [1.29, 1.82) is 0 Å². The van der Waals surface area contributed by atoms with Gasteiger partial charge in [0.2, 0.25) is 5.13 Å². The average molecular weight is 442 g/mol. The van der Waals surface area contributed by atoms with Crippen LogP contribution >= 0.6 is 11.3 Å². The molecule has 0 unspecified atom stereocenters. The smallest absolute Gasteiger partial charge is 0.205 e. The molecule has 1 saturated heterocycles. The van der Waals surface area contributed by atoms with Gasteiger partial charge in [-0.25, -0.2) is 4.39 Å². The van der Waals surface area contributed by atoms with Crippen molar-refractivity contribution in [3.63, 3.8) is 0 Å². The maximum absolute atomic E-state index is 13.3. The molecular weight excluding hydrogens is 417 g/mol. The van der Waals surface area contributed by atoms with E-state index in [0.29, 0.717) is 10.1 Å². The zero-order valence-corrected chi connectivity index (χ0v) is 18.2. The number of rotatable bonds is 8. The molecule has 1 aliphatic heterocycles. The van der Waals surface area contributed by atoms with Gasteiger partial charge in [0.1, 0.15) is 10.8 Å². The summed E-state index contributed by atoms with van der Waals surface area (Å²) in [6, 6.07) is 9.64. The van der Waals surface area contributed by atoms with Crippen molar-refractivity contribution in [3.8, 4) is 0 Å². The van der Waals surface area contributed by atoms with Crippen molar-refractivity contribution in [2.24, 2.45) is 0 Å². The Morgan fingerprint density at radius 1 is 1.26 bits per heavy atom. The van der Waals surface area contributed by atoms with E-state index in [1.165, 1.54) is 23.5 Å². The van der Waals surface area contributed by atoms with E-state index in [9.17, 15) is 9.18 Å². The Labute approximate surface area is 184 Å². The molecule has 2 atom stereocenters. The van der Waals surface area contributed by atoms with Crippen molar-refractivity contribution in [1.82, 2.24) is 25.3 Å². The van der Waals surface area contributed by atoms with E-state index in [2.05, 4.69) is 30.6 Å². The van der Waals surface area contributed by atoms with E-state index in [-0.39, 0.29) is 24.1 Å². The molecule has 4 rings (SSSR count). The summed E-state index contributed by atoms with van der Waals surface area (Å²) in [5, 5.41) is 21.3. The molecule has 3 aromatic rings. The number of halogens is 1. The first-order valence-corrected chi connectivity index (χ1v) is 10.9. The lowest BCUT2D eigenvalue weighted by Crippen LogP contribution is -2.29. The minimum absolute atomic E-state index is 0.00555. The van der Waals surface area contributed by atoms with Crippen LogP contribution < -0.4 is 10.2 Å². The predicted octanol–water partition coefficient (Wildman–Crippen LogP) is 2.57. The second kappa shape index (κ2) is 9.44. The van der Waals surface area contributed by atoms with Crippen molar-refractivity contribution < 1.29 is 9.18 Å². The minimum atomic E-state index is -0.462. The molecule has 162 valence electrons. The predicted molar refractivity (Wildman–Crippen MR) is 118 cm³/mol. The third-order valence-electron chi connectivity index (χ3n) is 5.20. The summed E-state index contributed by atoms with van der Waals surface area (Å²) >= 11 is 1.39. The van der Waals surface area contributed by atoms with Crippen LogP contribution in [0.3, 0.4) is 0 Å². The molecule has 3 heterocycles. The van der Waals surface area contributed by atoms with Gasteiger partial charge in [0.25, 0.3) is 0 Å². The Morgan fingerprint density at radius 2 is 2.06 bits per heavy atom. The normalized spacial score (nSPS) is 17.2. The number of ketones is 1. The van der Waals surface area contributed by atoms with Gasteiger partial charge in [0.15, 0.2) is 11.6 Å². The van der Waals surface area contributed by atoms with Crippen LogP contribution in [0.1, 0.15) is 23.0 Å². The molecule has 1 N–H and O–H groups in total. The van der Waals surface area contributed by atoms with Crippen LogP contribution in [0.15, 0.2) is 42.6 Å². The number of likely N-dealkylation sites (N-methyl/N-ethyl adjacent to an activating group) is 1. The summed E-state index contributed by atoms with van der Waals surface area (Å²) in [6.07, 6.45) is 2.80. The molecule has 0 bridgehead atoms. The molecule has 0 amide bonds. The lowest BCUT2D eigenvalue weighted by atomic mass is 10.00. The third kappa shape index (κ3) is 5.20. The first-order valence-electron chi connectivity index (χ1n) is 10.1. The Kier molecular flexibility index (Phi) is 6.47. The molecular formula is C21H24FN7OS. The molecule has 0 radical (unpaired) electrons. The average Bonchev–Trinajstić information content (AvgIpc) is 3.40. The van der Waals surface area contributed by atoms with Crippen LogP contribution in [0.2, 0.25) is 0 Å². The number of aromatic nitrogens is 4. The molecule has 31 heavy (non-hydrogen) atoms. The fourth-order valence-corrected chi connectivity index (χ4v) is 4.60. The molecule has 1 aromatic carbocycles. The van der Waals surface area contributed by atoms with Crippen molar-refractivity contribution in [2.75, 3.05) is 37.4 Å². The standard InChI is InChI=1S/C21H24FN7OS/c1-28(2)20(14-5-7-15(22)8-6-14)17(30)12-19-26-27-21(31-19)24-16-9-11-29(13-16)18-4-3-10-23-25-18/h3-8,10,16,20H,9,11-13H2,1-2H3,(H,24,27)/t16-,20+/m1/s1. The van der Waals surface area contributed by atoms with Crippen LogP contribution in [0.5, 0.6) is 0 Å². The van der Waals surface area contributed by atoms with Gasteiger partial charge in [-0.15, -0.1) is 15.3 Å². The molecule has 1 fully saturated rings. The van der Waals surface area contributed by atoms with Crippen molar-refractivity contribution in [2.45, 2.75) is 24.9 Å². The zero-order chi connectivity index (χ0) is 21.8. The van der Waals surface area contributed by atoms with E-state index < -0.39 is 6.04 Å². The van der Waals surface area contributed by atoms with Crippen molar-refractivity contribution >= 4 is 28.1 Å². The second-order valence-electron chi connectivity index (χ2n) is 7.72. The van der Waals surface area contributed by atoms with Gasteiger partial charge in [0, 0.05) is 25.3 Å². The lowest BCUT2D eigenvalue weighted by molar-refractivity contribution is -0.123. The highest BCUT2D eigenvalue weighted by Gasteiger charge is 2.26. The molecule has 0 saturated carbocycles. The molecule has 10 heteroatoms.